The topological polar surface area (TPSA) is 78.2 Å². The number of thiazole rings is 1. The monoisotopic (exact) mass is 450 g/mol. The summed E-state index contributed by atoms with van der Waals surface area (Å²) in [6, 6.07) is 13.6. The molecule has 0 bridgehead atoms. The molecule has 4 aromatic rings. The number of hydrogen-bond donors (Lipinski definition) is 1. The van der Waals surface area contributed by atoms with Gasteiger partial charge in [0.15, 0.2) is 5.13 Å². The van der Waals surface area contributed by atoms with Gasteiger partial charge in [-0.25, -0.2) is 9.78 Å². The lowest BCUT2D eigenvalue weighted by Gasteiger charge is -2.27. The zero-order valence-electron chi connectivity index (χ0n) is 18.2. The molecule has 1 amide bonds. The highest BCUT2D eigenvalue weighted by atomic mass is 32.1. The summed E-state index contributed by atoms with van der Waals surface area (Å²) in [4.78, 5) is 30.1. The van der Waals surface area contributed by atoms with Gasteiger partial charge in [0.25, 0.3) is 0 Å². The third-order valence-corrected chi connectivity index (χ3v) is 7.49. The summed E-state index contributed by atoms with van der Waals surface area (Å²) < 4.78 is 9.96. The molecule has 0 unspecified atom stereocenters. The number of nitrogens with zero attached hydrogens (tertiary/aromatic N) is 3. The van der Waals surface area contributed by atoms with Crippen LogP contribution in [0.1, 0.15) is 25.7 Å². The van der Waals surface area contributed by atoms with Crippen molar-refractivity contribution < 1.29 is 9.53 Å². The Hall–Kier alpha value is -3.13. The summed E-state index contributed by atoms with van der Waals surface area (Å²) in [7, 11) is 3.43. The Bertz CT molecular complexity index is 1310. The molecule has 1 fully saturated rings. The summed E-state index contributed by atoms with van der Waals surface area (Å²) in [5.41, 5.74) is 2.70. The molecule has 2 aromatic carbocycles. The van der Waals surface area contributed by atoms with E-state index in [0.717, 1.165) is 52.7 Å². The number of carbonyl (C=O) groups excluding carboxylic acids is 1. The lowest BCUT2D eigenvalue weighted by Crippen LogP contribution is -2.30. The van der Waals surface area contributed by atoms with Gasteiger partial charge in [0.2, 0.25) is 5.91 Å². The number of carbonyl (C=O) groups is 1. The van der Waals surface area contributed by atoms with Crippen molar-refractivity contribution in [1.82, 2.24) is 14.1 Å². The van der Waals surface area contributed by atoms with Gasteiger partial charge in [-0.2, -0.15) is 0 Å². The predicted molar refractivity (Wildman–Crippen MR) is 127 cm³/mol. The molecular weight excluding hydrogens is 424 g/mol. The van der Waals surface area contributed by atoms with E-state index in [1.54, 1.807) is 18.7 Å². The molecular formula is C24H26N4O3S. The summed E-state index contributed by atoms with van der Waals surface area (Å²) >= 11 is 1.51. The van der Waals surface area contributed by atoms with E-state index in [2.05, 4.69) is 10.3 Å². The molecule has 2 heterocycles. The van der Waals surface area contributed by atoms with Crippen LogP contribution in [0.5, 0.6) is 5.75 Å². The Labute approximate surface area is 189 Å². The normalized spacial score (nSPS) is 18.8. The lowest BCUT2D eigenvalue weighted by molar-refractivity contribution is -0.121. The van der Waals surface area contributed by atoms with Crippen LogP contribution >= 0.6 is 11.3 Å². The minimum Gasteiger partial charge on any atom is -0.497 e. The number of para-hydroxylation sites is 1. The van der Waals surface area contributed by atoms with E-state index >= 15 is 0 Å². The third-order valence-electron chi connectivity index (χ3n) is 6.53. The van der Waals surface area contributed by atoms with Gasteiger partial charge in [-0.3, -0.25) is 13.9 Å². The summed E-state index contributed by atoms with van der Waals surface area (Å²) in [6.07, 6.45) is 3.49. The average molecular weight is 451 g/mol. The van der Waals surface area contributed by atoms with E-state index < -0.39 is 0 Å². The lowest BCUT2D eigenvalue weighted by atomic mass is 9.81. The van der Waals surface area contributed by atoms with Crippen molar-refractivity contribution in [3.05, 3.63) is 52.9 Å². The maximum absolute atomic E-state index is 12.8. The van der Waals surface area contributed by atoms with Crippen LogP contribution in [0.3, 0.4) is 0 Å². The molecule has 2 aromatic heterocycles. The first-order chi connectivity index (χ1) is 15.5. The smallest absolute Gasteiger partial charge is 0.328 e. The fourth-order valence-corrected chi connectivity index (χ4v) is 5.56. The number of imidazole rings is 1. The van der Waals surface area contributed by atoms with Gasteiger partial charge in [0, 0.05) is 25.6 Å². The fourth-order valence-electron chi connectivity index (χ4n) is 4.69. The zero-order valence-corrected chi connectivity index (χ0v) is 19.0. The number of aromatic nitrogens is 3. The van der Waals surface area contributed by atoms with Crippen LogP contribution in [0.2, 0.25) is 0 Å². The Morgan fingerprint density at radius 3 is 2.69 bits per heavy atom. The second kappa shape index (κ2) is 8.43. The van der Waals surface area contributed by atoms with Gasteiger partial charge in [-0.05, 0) is 55.9 Å². The minimum absolute atomic E-state index is 0.0102. The van der Waals surface area contributed by atoms with Crippen LogP contribution < -0.4 is 15.7 Å². The van der Waals surface area contributed by atoms with Crippen molar-refractivity contribution in [2.45, 2.75) is 32.2 Å². The minimum atomic E-state index is -0.0115. The van der Waals surface area contributed by atoms with Gasteiger partial charge in [0.1, 0.15) is 5.75 Å². The molecule has 0 atom stereocenters. The van der Waals surface area contributed by atoms with E-state index in [4.69, 9.17) is 4.74 Å². The number of amides is 1. The number of rotatable bonds is 5. The van der Waals surface area contributed by atoms with Gasteiger partial charge in [0.05, 0.1) is 28.4 Å². The first-order valence-corrected chi connectivity index (χ1v) is 11.7. The molecule has 7 nitrogen and oxygen atoms in total. The van der Waals surface area contributed by atoms with Crippen LogP contribution in [0, 0.1) is 11.8 Å². The molecule has 8 heteroatoms. The Balaban J connectivity index is 1.24. The third kappa shape index (κ3) is 3.79. The molecule has 166 valence electrons. The molecule has 1 aliphatic rings. The van der Waals surface area contributed by atoms with Crippen LogP contribution in [0.25, 0.3) is 21.3 Å². The Kier molecular flexibility index (Phi) is 5.46. The summed E-state index contributed by atoms with van der Waals surface area (Å²) in [6.45, 7) is 0.662. The number of fused-ring (bicyclic) bond motifs is 2. The van der Waals surface area contributed by atoms with Crippen molar-refractivity contribution in [2.24, 2.45) is 18.9 Å². The zero-order chi connectivity index (χ0) is 22.2. The Morgan fingerprint density at radius 1 is 1.16 bits per heavy atom. The molecule has 1 aliphatic carbocycles. The van der Waals surface area contributed by atoms with Gasteiger partial charge < -0.3 is 10.1 Å². The number of hydrogen-bond acceptors (Lipinski definition) is 5. The second-order valence-electron chi connectivity index (χ2n) is 8.50. The number of ether oxygens (including phenoxy) is 1. The maximum Gasteiger partial charge on any atom is 0.328 e. The van der Waals surface area contributed by atoms with E-state index in [0.29, 0.717) is 17.6 Å². The maximum atomic E-state index is 12.8. The van der Waals surface area contributed by atoms with Crippen LogP contribution in [-0.4, -0.2) is 27.1 Å². The van der Waals surface area contributed by atoms with E-state index in [1.165, 1.54) is 11.3 Å². The summed E-state index contributed by atoms with van der Waals surface area (Å²) in [5, 5.41) is 3.67. The average Bonchev–Trinajstić information content (AvgIpc) is 3.33. The quantitative estimate of drug-likeness (QED) is 0.489. The SMILES string of the molecule is COc1ccc2c(c1)n(CC1CCC(C(=O)Nc3nc4ccccc4s3)CC1)c(=O)n2C. The fraction of sp³-hybridized carbons (Fsp3) is 0.375. The van der Waals surface area contributed by atoms with Crippen LogP contribution in [-0.2, 0) is 18.4 Å². The van der Waals surface area contributed by atoms with Crippen molar-refractivity contribution in [3.63, 3.8) is 0 Å². The number of anilines is 1. The standard InChI is InChI=1S/C24H26N4O3S/c1-27-19-12-11-17(31-2)13-20(19)28(24(27)30)14-15-7-9-16(10-8-15)22(29)26-23-25-18-5-3-4-6-21(18)32-23/h3-6,11-13,15-16H,7-10,14H2,1-2H3,(H,25,26,29). The number of nitrogens with one attached hydrogen (secondary N) is 1. The van der Waals surface area contributed by atoms with Crippen molar-refractivity contribution in [2.75, 3.05) is 12.4 Å². The molecule has 0 aliphatic heterocycles. The largest absolute Gasteiger partial charge is 0.497 e. The first kappa shape index (κ1) is 20.8. The van der Waals surface area contributed by atoms with E-state index in [1.807, 2.05) is 47.0 Å². The Morgan fingerprint density at radius 2 is 1.94 bits per heavy atom. The first-order valence-electron chi connectivity index (χ1n) is 10.9. The molecule has 0 saturated heterocycles. The van der Waals surface area contributed by atoms with Crippen molar-refractivity contribution in [3.8, 4) is 5.75 Å². The molecule has 0 radical (unpaired) electrons. The van der Waals surface area contributed by atoms with Crippen LogP contribution in [0.15, 0.2) is 47.3 Å². The number of aryl methyl sites for hydroxylation is 1. The number of benzene rings is 2. The van der Waals surface area contributed by atoms with Gasteiger partial charge in [-0.15, -0.1) is 0 Å². The van der Waals surface area contributed by atoms with Crippen molar-refractivity contribution >= 4 is 43.6 Å². The van der Waals surface area contributed by atoms with E-state index in [9.17, 15) is 9.59 Å². The molecule has 1 N–H and O–H groups in total. The highest BCUT2D eigenvalue weighted by Gasteiger charge is 2.28. The van der Waals surface area contributed by atoms with Gasteiger partial charge in [-0.1, -0.05) is 23.5 Å². The van der Waals surface area contributed by atoms with Crippen LogP contribution in [0.4, 0.5) is 5.13 Å². The van der Waals surface area contributed by atoms with Crippen molar-refractivity contribution in [1.29, 1.82) is 0 Å². The predicted octanol–water partition coefficient (Wildman–Crippen LogP) is 4.40. The number of methoxy groups -OCH3 is 1. The highest BCUT2D eigenvalue weighted by molar-refractivity contribution is 7.22. The highest BCUT2D eigenvalue weighted by Crippen LogP contribution is 2.32. The molecule has 1 saturated carbocycles. The molecule has 32 heavy (non-hydrogen) atoms. The second-order valence-corrected chi connectivity index (χ2v) is 9.53. The van der Waals surface area contributed by atoms with E-state index in [-0.39, 0.29) is 17.5 Å². The van der Waals surface area contributed by atoms with Gasteiger partial charge >= 0.3 is 5.69 Å². The molecule has 5 rings (SSSR count). The molecule has 0 spiro atoms. The summed E-state index contributed by atoms with van der Waals surface area (Å²) in [5.74, 6) is 1.15.